The van der Waals surface area contributed by atoms with Crippen LogP contribution >= 0.6 is 0 Å². The number of nitrogens with zero attached hydrogens (tertiary/aromatic N) is 1. The first kappa shape index (κ1) is 13.0. The molecule has 0 fully saturated rings. The average Bonchev–Trinajstić information content (AvgIpc) is 2.09. The van der Waals surface area contributed by atoms with E-state index >= 15 is 0 Å². The van der Waals surface area contributed by atoms with Crippen LogP contribution in [0.2, 0.25) is 0 Å². The fraction of sp³-hybridized carbons (Fsp3) is 0.615. The van der Waals surface area contributed by atoms with Crippen LogP contribution in [-0.2, 0) is 12.1 Å². The highest BCUT2D eigenvalue weighted by Gasteiger charge is 2.22. The molecule has 0 saturated heterocycles. The van der Waals surface area contributed by atoms with Crippen molar-refractivity contribution in [3.63, 3.8) is 0 Å². The molecule has 0 aliphatic heterocycles. The van der Waals surface area contributed by atoms with Gasteiger partial charge in [-0.15, -0.1) is 0 Å². The summed E-state index contributed by atoms with van der Waals surface area (Å²) in [7, 11) is 0. The maximum absolute atomic E-state index is 12.3. The van der Waals surface area contributed by atoms with Crippen LogP contribution in [-0.4, -0.2) is 4.57 Å². The van der Waals surface area contributed by atoms with Crippen molar-refractivity contribution in [2.24, 2.45) is 5.73 Å². The van der Waals surface area contributed by atoms with Crippen LogP contribution in [0.5, 0.6) is 0 Å². The number of nitrogens with two attached hydrogens (primary N) is 1. The Hall–Kier alpha value is -1.09. The van der Waals surface area contributed by atoms with Crippen molar-refractivity contribution in [3.8, 4) is 0 Å². The molecule has 0 unspecified atom stereocenters. The lowest BCUT2D eigenvalue weighted by Crippen LogP contribution is -2.39. The largest absolute Gasteiger partial charge is 0.322 e. The lowest BCUT2D eigenvalue weighted by molar-refractivity contribution is 0.523. The molecule has 0 aromatic carbocycles. The van der Waals surface area contributed by atoms with E-state index in [1.54, 1.807) is 0 Å². The van der Waals surface area contributed by atoms with Crippen molar-refractivity contribution in [1.29, 1.82) is 0 Å². The highest BCUT2D eigenvalue weighted by atomic mass is 16.1. The van der Waals surface area contributed by atoms with Gasteiger partial charge in [0.1, 0.15) is 0 Å². The minimum absolute atomic E-state index is 0.0619. The van der Waals surface area contributed by atoms with Gasteiger partial charge in [0, 0.05) is 23.3 Å². The predicted octanol–water partition coefficient (Wildman–Crippen LogP) is 2.07. The molecule has 0 aliphatic rings. The third kappa shape index (κ3) is 2.35. The van der Waals surface area contributed by atoms with Gasteiger partial charge in [-0.25, -0.2) is 0 Å². The van der Waals surface area contributed by atoms with Crippen LogP contribution in [0.4, 0.5) is 0 Å². The number of aromatic nitrogens is 1. The van der Waals surface area contributed by atoms with Crippen molar-refractivity contribution in [1.82, 2.24) is 4.57 Å². The minimum Gasteiger partial charge on any atom is -0.322 e. The minimum atomic E-state index is -0.579. The number of aryl methyl sites for hydroxylation is 2. The van der Waals surface area contributed by atoms with Gasteiger partial charge in [-0.1, -0.05) is 6.92 Å². The van der Waals surface area contributed by atoms with Gasteiger partial charge in [-0.05, 0) is 45.7 Å². The van der Waals surface area contributed by atoms with E-state index in [9.17, 15) is 4.79 Å². The first-order valence-corrected chi connectivity index (χ1v) is 5.79. The second-order valence-electron chi connectivity index (χ2n) is 5.02. The molecule has 2 N–H and O–H groups in total. The molecule has 0 bridgehead atoms. The Morgan fingerprint density at radius 1 is 1.38 bits per heavy atom. The molecule has 1 heterocycles. The zero-order valence-corrected chi connectivity index (χ0v) is 10.9. The molecule has 0 radical (unpaired) electrons. The van der Waals surface area contributed by atoms with E-state index in [-0.39, 0.29) is 5.56 Å². The van der Waals surface area contributed by atoms with E-state index in [2.05, 4.69) is 6.92 Å². The van der Waals surface area contributed by atoms with Gasteiger partial charge < -0.3 is 10.3 Å². The van der Waals surface area contributed by atoms with E-state index in [0.29, 0.717) is 0 Å². The predicted molar refractivity (Wildman–Crippen MR) is 67.7 cm³/mol. The number of hydrogen-bond acceptors (Lipinski definition) is 2. The summed E-state index contributed by atoms with van der Waals surface area (Å²) in [6.45, 7) is 10.5. The molecule has 0 spiro atoms. The molecule has 3 heteroatoms. The Bertz CT molecular complexity index is 438. The summed E-state index contributed by atoms with van der Waals surface area (Å²) in [6.07, 6.45) is 0.953. The molecule has 3 nitrogen and oxygen atoms in total. The van der Waals surface area contributed by atoms with Crippen LogP contribution in [0.1, 0.15) is 44.0 Å². The van der Waals surface area contributed by atoms with Gasteiger partial charge in [0.15, 0.2) is 0 Å². The monoisotopic (exact) mass is 222 g/mol. The zero-order valence-electron chi connectivity index (χ0n) is 10.9. The van der Waals surface area contributed by atoms with E-state index in [0.717, 1.165) is 29.8 Å². The Balaban J connectivity index is 3.52. The molecular weight excluding hydrogens is 200 g/mol. The summed E-state index contributed by atoms with van der Waals surface area (Å²) in [4.78, 5) is 12.3. The Morgan fingerprint density at radius 3 is 2.38 bits per heavy atom. The SMILES string of the molecule is CCCn1c(C)cc(C)c(C(C)(C)N)c1=O. The van der Waals surface area contributed by atoms with Crippen molar-refractivity contribution < 1.29 is 0 Å². The average molecular weight is 222 g/mol. The van der Waals surface area contributed by atoms with Crippen molar-refractivity contribution >= 4 is 0 Å². The topological polar surface area (TPSA) is 48.0 Å². The molecule has 0 atom stereocenters. The second-order valence-corrected chi connectivity index (χ2v) is 5.02. The van der Waals surface area contributed by atoms with E-state index in [1.165, 1.54) is 0 Å². The highest BCUT2D eigenvalue weighted by molar-refractivity contribution is 5.31. The molecule has 1 aromatic rings. The quantitative estimate of drug-likeness (QED) is 0.851. The second kappa shape index (κ2) is 4.42. The third-order valence-electron chi connectivity index (χ3n) is 2.80. The van der Waals surface area contributed by atoms with E-state index in [1.807, 2.05) is 38.3 Å². The molecule has 90 valence electrons. The maximum atomic E-state index is 12.3. The summed E-state index contributed by atoms with van der Waals surface area (Å²) < 4.78 is 1.82. The number of hydrogen-bond donors (Lipinski definition) is 1. The summed E-state index contributed by atoms with van der Waals surface area (Å²) >= 11 is 0. The van der Waals surface area contributed by atoms with Crippen molar-refractivity contribution in [3.05, 3.63) is 33.2 Å². The standard InChI is InChI=1S/C13H22N2O/c1-6-7-15-10(3)8-9(2)11(12(15)16)13(4,5)14/h8H,6-7,14H2,1-5H3. The van der Waals surface area contributed by atoms with Gasteiger partial charge in [-0.3, -0.25) is 4.79 Å². The summed E-state index contributed by atoms with van der Waals surface area (Å²) in [5.41, 5.74) is 8.27. The van der Waals surface area contributed by atoms with Gasteiger partial charge in [0.2, 0.25) is 0 Å². The van der Waals surface area contributed by atoms with Gasteiger partial charge in [0.05, 0.1) is 0 Å². The first-order chi connectivity index (χ1) is 7.29. The highest BCUT2D eigenvalue weighted by Crippen LogP contribution is 2.18. The van der Waals surface area contributed by atoms with Gasteiger partial charge in [-0.2, -0.15) is 0 Å². The number of rotatable bonds is 3. The zero-order chi connectivity index (χ0) is 12.5. The molecule has 0 aliphatic carbocycles. The molecule has 0 saturated carbocycles. The number of pyridine rings is 1. The third-order valence-corrected chi connectivity index (χ3v) is 2.80. The summed E-state index contributed by atoms with van der Waals surface area (Å²) in [5, 5.41) is 0. The van der Waals surface area contributed by atoms with Crippen LogP contribution in [0.3, 0.4) is 0 Å². The smallest absolute Gasteiger partial charge is 0.256 e. The Labute approximate surface area is 97.3 Å². The van der Waals surface area contributed by atoms with Crippen LogP contribution in [0.15, 0.2) is 10.9 Å². The Kier molecular flexibility index (Phi) is 3.58. The summed E-state index contributed by atoms with van der Waals surface area (Å²) in [5.74, 6) is 0. The maximum Gasteiger partial charge on any atom is 0.256 e. The molecule has 1 rings (SSSR count). The molecule has 16 heavy (non-hydrogen) atoms. The van der Waals surface area contributed by atoms with E-state index in [4.69, 9.17) is 5.73 Å². The first-order valence-electron chi connectivity index (χ1n) is 5.79. The van der Waals surface area contributed by atoms with Gasteiger partial charge in [0.25, 0.3) is 5.56 Å². The Morgan fingerprint density at radius 2 is 1.94 bits per heavy atom. The van der Waals surface area contributed by atoms with Crippen LogP contribution < -0.4 is 11.3 Å². The molecule has 1 aromatic heterocycles. The molecular formula is C13H22N2O. The normalized spacial score (nSPS) is 11.9. The van der Waals surface area contributed by atoms with Crippen molar-refractivity contribution in [2.45, 2.75) is 53.1 Å². The van der Waals surface area contributed by atoms with Crippen LogP contribution in [0, 0.1) is 13.8 Å². The lowest BCUT2D eigenvalue weighted by Gasteiger charge is -2.23. The molecule has 0 amide bonds. The fourth-order valence-electron chi connectivity index (χ4n) is 2.21. The fourth-order valence-corrected chi connectivity index (χ4v) is 2.21. The van der Waals surface area contributed by atoms with Crippen LogP contribution in [0.25, 0.3) is 0 Å². The lowest BCUT2D eigenvalue weighted by atomic mass is 9.92. The van der Waals surface area contributed by atoms with E-state index < -0.39 is 5.54 Å². The van der Waals surface area contributed by atoms with Gasteiger partial charge >= 0.3 is 0 Å². The summed E-state index contributed by atoms with van der Waals surface area (Å²) in [6, 6.07) is 2.04. The van der Waals surface area contributed by atoms with Crippen molar-refractivity contribution in [2.75, 3.05) is 0 Å².